The average molecular weight is 261 g/mol. The molecular formula is C17H27NO. The molecule has 1 aromatic rings. The number of hydrogen-bond acceptors (Lipinski definition) is 2. The van der Waals surface area contributed by atoms with Gasteiger partial charge >= 0.3 is 0 Å². The molecule has 2 unspecified atom stereocenters. The Balaban J connectivity index is 1.86. The number of hydrogen-bond donors (Lipinski definition) is 2. The highest BCUT2D eigenvalue weighted by Crippen LogP contribution is 2.29. The standard InChI is InChI=1S/C17H27NO/c1-13-6-5-7-14(2)17(13)11-18-10-15-8-3-4-9-16(15)12-19/h5-7,15-16,18-19H,3-4,8-12H2,1-2H3. The van der Waals surface area contributed by atoms with Crippen LogP contribution in [0.3, 0.4) is 0 Å². The Hall–Kier alpha value is -0.860. The second-order valence-electron chi connectivity index (χ2n) is 5.99. The first-order valence-corrected chi connectivity index (χ1v) is 7.59. The minimum absolute atomic E-state index is 0.357. The van der Waals surface area contributed by atoms with E-state index in [1.165, 1.54) is 42.4 Å². The van der Waals surface area contributed by atoms with E-state index >= 15 is 0 Å². The van der Waals surface area contributed by atoms with E-state index in [9.17, 15) is 5.11 Å². The maximum atomic E-state index is 9.44. The van der Waals surface area contributed by atoms with Crippen LogP contribution in [0.2, 0.25) is 0 Å². The van der Waals surface area contributed by atoms with Crippen molar-refractivity contribution in [3.8, 4) is 0 Å². The van der Waals surface area contributed by atoms with Crippen molar-refractivity contribution in [3.05, 3.63) is 34.9 Å². The van der Waals surface area contributed by atoms with Crippen LogP contribution in [0.4, 0.5) is 0 Å². The number of aryl methyl sites for hydroxylation is 2. The SMILES string of the molecule is Cc1cccc(C)c1CNCC1CCCCC1CO. The van der Waals surface area contributed by atoms with Gasteiger partial charge in [-0.25, -0.2) is 0 Å². The van der Waals surface area contributed by atoms with Gasteiger partial charge in [-0.05, 0) is 61.8 Å². The zero-order chi connectivity index (χ0) is 13.7. The highest BCUT2D eigenvalue weighted by Gasteiger charge is 2.23. The van der Waals surface area contributed by atoms with Gasteiger partial charge in [0.15, 0.2) is 0 Å². The van der Waals surface area contributed by atoms with Crippen molar-refractivity contribution < 1.29 is 5.11 Å². The first-order valence-electron chi connectivity index (χ1n) is 7.59. The van der Waals surface area contributed by atoms with Crippen molar-refractivity contribution in [3.63, 3.8) is 0 Å². The fraction of sp³-hybridized carbons (Fsp3) is 0.647. The van der Waals surface area contributed by atoms with Gasteiger partial charge in [0, 0.05) is 13.2 Å². The normalized spacial score (nSPS) is 23.5. The molecule has 1 fully saturated rings. The summed E-state index contributed by atoms with van der Waals surface area (Å²) in [6.45, 7) is 6.71. The van der Waals surface area contributed by atoms with Crippen LogP contribution in [0.1, 0.15) is 42.4 Å². The van der Waals surface area contributed by atoms with Gasteiger partial charge in [-0.2, -0.15) is 0 Å². The van der Waals surface area contributed by atoms with Crippen LogP contribution in [0.15, 0.2) is 18.2 Å². The predicted molar refractivity (Wildman–Crippen MR) is 80.2 cm³/mol. The van der Waals surface area contributed by atoms with Crippen molar-refractivity contribution in [2.24, 2.45) is 11.8 Å². The molecule has 1 aromatic carbocycles. The fourth-order valence-corrected chi connectivity index (χ4v) is 3.30. The van der Waals surface area contributed by atoms with E-state index in [4.69, 9.17) is 0 Å². The third-order valence-corrected chi connectivity index (χ3v) is 4.65. The molecule has 0 spiro atoms. The lowest BCUT2D eigenvalue weighted by molar-refractivity contribution is 0.133. The smallest absolute Gasteiger partial charge is 0.0462 e. The van der Waals surface area contributed by atoms with Crippen molar-refractivity contribution in [2.75, 3.05) is 13.2 Å². The number of aliphatic hydroxyl groups excluding tert-OH is 1. The van der Waals surface area contributed by atoms with Crippen LogP contribution in [0.5, 0.6) is 0 Å². The molecule has 2 rings (SSSR count). The molecule has 0 heterocycles. The van der Waals surface area contributed by atoms with Crippen LogP contribution in [0.25, 0.3) is 0 Å². The fourth-order valence-electron chi connectivity index (χ4n) is 3.30. The minimum Gasteiger partial charge on any atom is -0.396 e. The maximum absolute atomic E-state index is 9.44. The number of aliphatic hydroxyl groups is 1. The third-order valence-electron chi connectivity index (χ3n) is 4.65. The lowest BCUT2D eigenvalue weighted by atomic mass is 9.79. The van der Waals surface area contributed by atoms with Gasteiger partial charge < -0.3 is 10.4 Å². The Morgan fingerprint density at radius 3 is 2.37 bits per heavy atom. The molecule has 1 saturated carbocycles. The average Bonchev–Trinajstić information content (AvgIpc) is 2.42. The summed E-state index contributed by atoms with van der Waals surface area (Å²) >= 11 is 0. The quantitative estimate of drug-likeness (QED) is 0.853. The van der Waals surface area contributed by atoms with Gasteiger partial charge in [0.2, 0.25) is 0 Å². The summed E-state index contributed by atoms with van der Waals surface area (Å²) in [5.74, 6) is 1.17. The van der Waals surface area contributed by atoms with E-state index in [2.05, 4.69) is 37.4 Å². The van der Waals surface area contributed by atoms with Crippen LogP contribution >= 0.6 is 0 Å². The van der Waals surface area contributed by atoms with Crippen LogP contribution < -0.4 is 5.32 Å². The Morgan fingerprint density at radius 1 is 1.11 bits per heavy atom. The molecule has 1 aliphatic carbocycles. The van der Waals surface area contributed by atoms with Crippen molar-refractivity contribution in [1.29, 1.82) is 0 Å². The summed E-state index contributed by atoms with van der Waals surface area (Å²) < 4.78 is 0. The number of rotatable bonds is 5. The molecule has 0 radical (unpaired) electrons. The van der Waals surface area contributed by atoms with Crippen molar-refractivity contribution >= 4 is 0 Å². The molecule has 2 N–H and O–H groups in total. The topological polar surface area (TPSA) is 32.3 Å². The molecule has 0 amide bonds. The molecule has 0 aliphatic heterocycles. The van der Waals surface area contributed by atoms with Gasteiger partial charge in [-0.3, -0.25) is 0 Å². The van der Waals surface area contributed by atoms with E-state index in [-0.39, 0.29) is 0 Å². The summed E-state index contributed by atoms with van der Waals surface area (Å²) in [5, 5.41) is 13.0. The Morgan fingerprint density at radius 2 is 1.74 bits per heavy atom. The minimum atomic E-state index is 0.357. The Kier molecular flexibility index (Phi) is 5.41. The van der Waals surface area contributed by atoms with Gasteiger partial charge in [-0.1, -0.05) is 31.0 Å². The zero-order valence-electron chi connectivity index (χ0n) is 12.3. The monoisotopic (exact) mass is 261 g/mol. The summed E-state index contributed by atoms with van der Waals surface area (Å²) in [6.07, 6.45) is 5.09. The molecule has 2 heteroatoms. The summed E-state index contributed by atoms with van der Waals surface area (Å²) in [4.78, 5) is 0. The van der Waals surface area contributed by atoms with E-state index in [0.29, 0.717) is 18.4 Å². The van der Waals surface area contributed by atoms with Crippen LogP contribution in [-0.4, -0.2) is 18.3 Å². The van der Waals surface area contributed by atoms with E-state index in [1.807, 2.05) is 0 Å². The van der Waals surface area contributed by atoms with Gasteiger partial charge in [0.05, 0.1) is 0 Å². The van der Waals surface area contributed by atoms with Crippen molar-refractivity contribution in [1.82, 2.24) is 5.32 Å². The summed E-state index contributed by atoms with van der Waals surface area (Å²) in [7, 11) is 0. The molecule has 19 heavy (non-hydrogen) atoms. The highest BCUT2D eigenvalue weighted by atomic mass is 16.3. The first-order chi connectivity index (χ1) is 9.22. The molecule has 2 atom stereocenters. The third kappa shape index (κ3) is 3.80. The number of nitrogens with one attached hydrogen (secondary N) is 1. The highest BCUT2D eigenvalue weighted by molar-refractivity contribution is 5.33. The van der Waals surface area contributed by atoms with Crippen LogP contribution in [0, 0.1) is 25.7 Å². The molecule has 1 aliphatic rings. The zero-order valence-corrected chi connectivity index (χ0v) is 12.3. The lowest BCUT2D eigenvalue weighted by Gasteiger charge is -2.30. The van der Waals surface area contributed by atoms with Crippen molar-refractivity contribution in [2.45, 2.75) is 46.1 Å². The van der Waals surface area contributed by atoms with Gasteiger partial charge in [0.25, 0.3) is 0 Å². The second-order valence-corrected chi connectivity index (χ2v) is 5.99. The van der Waals surface area contributed by atoms with Gasteiger partial charge in [-0.15, -0.1) is 0 Å². The lowest BCUT2D eigenvalue weighted by Crippen LogP contribution is -2.32. The first kappa shape index (κ1) is 14.5. The Labute approximate surface area is 117 Å². The molecular weight excluding hydrogens is 234 g/mol. The molecule has 0 bridgehead atoms. The summed E-state index contributed by atoms with van der Waals surface area (Å²) in [6, 6.07) is 6.49. The predicted octanol–water partition coefficient (Wildman–Crippen LogP) is 3.19. The number of benzene rings is 1. The second kappa shape index (κ2) is 7.06. The van der Waals surface area contributed by atoms with E-state index < -0.39 is 0 Å². The largest absolute Gasteiger partial charge is 0.396 e. The molecule has 0 aromatic heterocycles. The molecule has 2 nitrogen and oxygen atoms in total. The van der Waals surface area contributed by atoms with Gasteiger partial charge in [0.1, 0.15) is 0 Å². The van der Waals surface area contributed by atoms with E-state index in [1.54, 1.807) is 0 Å². The Bertz CT molecular complexity index is 382. The molecule has 106 valence electrons. The summed E-state index contributed by atoms with van der Waals surface area (Å²) in [5.41, 5.74) is 4.17. The van der Waals surface area contributed by atoms with Crippen LogP contribution in [-0.2, 0) is 6.54 Å². The molecule has 0 saturated heterocycles. The maximum Gasteiger partial charge on any atom is 0.0462 e. The van der Waals surface area contributed by atoms with E-state index in [0.717, 1.165) is 13.1 Å².